The molecule has 0 atom stereocenters. The second kappa shape index (κ2) is 4.52. The summed E-state index contributed by atoms with van der Waals surface area (Å²) in [5, 5.41) is 5.61. The molecule has 1 rings (SSSR count). The minimum Gasteiger partial charge on any atom is -0.272 e. The van der Waals surface area contributed by atoms with Crippen LogP contribution in [0, 0.1) is 5.41 Å². The number of aromatic nitrogens is 2. The van der Waals surface area contributed by atoms with Crippen molar-refractivity contribution < 1.29 is 0 Å². The largest absolute Gasteiger partial charge is 0.272 e. The molecule has 1 heterocycles. The molecule has 0 N–H and O–H groups in total. The molecule has 0 aromatic carbocycles. The zero-order valence-electron chi connectivity index (χ0n) is 11.3. The van der Waals surface area contributed by atoms with E-state index >= 15 is 0 Å². The molecule has 0 radical (unpaired) electrons. The van der Waals surface area contributed by atoms with Gasteiger partial charge in [0.1, 0.15) is 0 Å². The van der Waals surface area contributed by atoms with Gasteiger partial charge >= 0.3 is 0 Å². The first-order valence-corrected chi connectivity index (χ1v) is 6.87. The highest BCUT2D eigenvalue weighted by molar-refractivity contribution is 9.09. The number of hydrogen-bond acceptors (Lipinski definition) is 1. The monoisotopic (exact) mass is 286 g/mol. The van der Waals surface area contributed by atoms with E-state index in [1.807, 2.05) is 11.7 Å². The molecule has 0 fully saturated rings. The molecule has 0 saturated heterocycles. The summed E-state index contributed by atoms with van der Waals surface area (Å²) in [6.07, 6.45) is 1.05. The van der Waals surface area contributed by atoms with Crippen LogP contribution in [0.4, 0.5) is 0 Å². The molecule has 0 spiro atoms. The smallest absolute Gasteiger partial charge is 0.0680 e. The number of hydrogen-bond donors (Lipinski definition) is 0. The molecular formula is C13H23BrN2. The third-order valence-electron chi connectivity index (χ3n) is 2.77. The Bertz CT molecular complexity index is 358. The molecule has 0 aliphatic carbocycles. The van der Waals surface area contributed by atoms with E-state index in [1.165, 1.54) is 11.4 Å². The molecule has 16 heavy (non-hydrogen) atoms. The normalized spacial score (nSPS) is 13.2. The maximum absolute atomic E-state index is 4.60. The highest BCUT2D eigenvalue weighted by Gasteiger charge is 2.23. The maximum Gasteiger partial charge on any atom is 0.0680 e. The number of rotatable bonds is 3. The number of halogens is 1. The van der Waals surface area contributed by atoms with Crippen LogP contribution in [0.3, 0.4) is 0 Å². The third kappa shape index (κ3) is 3.34. The van der Waals surface area contributed by atoms with Crippen molar-refractivity contribution in [1.29, 1.82) is 0 Å². The average Bonchev–Trinajstić information content (AvgIpc) is 2.47. The molecule has 2 nitrogen and oxygen atoms in total. The van der Waals surface area contributed by atoms with Crippen molar-refractivity contribution in [2.75, 3.05) is 5.33 Å². The number of nitrogens with zero attached hydrogens (tertiary/aromatic N) is 2. The Labute approximate surface area is 108 Å². The van der Waals surface area contributed by atoms with E-state index in [0.29, 0.717) is 0 Å². The van der Waals surface area contributed by atoms with Gasteiger partial charge in [0, 0.05) is 23.5 Å². The predicted octanol–water partition coefficient (Wildman–Crippen LogP) is 3.68. The lowest BCUT2D eigenvalue weighted by Crippen LogP contribution is -2.18. The summed E-state index contributed by atoms with van der Waals surface area (Å²) in [7, 11) is 2.04. The first kappa shape index (κ1) is 13.8. The molecule has 0 unspecified atom stereocenters. The molecule has 0 bridgehead atoms. The lowest BCUT2D eigenvalue weighted by molar-refractivity contribution is 0.410. The Morgan fingerprint density at radius 1 is 1.25 bits per heavy atom. The summed E-state index contributed by atoms with van der Waals surface area (Å²) in [6.45, 7) is 11.1. The first-order chi connectivity index (χ1) is 7.15. The molecular weight excluding hydrogens is 264 g/mol. The van der Waals surface area contributed by atoms with Crippen LogP contribution in [0.15, 0.2) is 6.07 Å². The fourth-order valence-electron chi connectivity index (χ4n) is 1.58. The second-order valence-electron chi connectivity index (χ2n) is 6.37. The Kier molecular flexibility index (Phi) is 3.88. The zero-order valence-corrected chi connectivity index (χ0v) is 12.8. The lowest BCUT2D eigenvalue weighted by atomic mass is 9.88. The van der Waals surface area contributed by atoms with Crippen LogP contribution in [0.5, 0.6) is 0 Å². The van der Waals surface area contributed by atoms with Gasteiger partial charge in [0.25, 0.3) is 0 Å². The molecule has 1 aromatic heterocycles. The summed E-state index contributed by atoms with van der Waals surface area (Å²) >= 11 is 3.57. The summed E-state index contributed by atoms with van der Waals surface area (Å²) < 4.78 is 2.02. The van der Waals surface area contributed by atoms with Gasteiger partial charge in [0.05, 0.1) is 5.69 Å². The topological polar surface area (TPSA) is 17.8 Å². The third-order valence-corrected chi connectivity index (χ3v) is 4.28. The van der Waals surface area contributed by atoms with Crippen LogP contribution in [-0.2, 0) is 18.9 Å². The van der Waals surface area contributed by atoms with Crippen LogP contribution in [0.2, 0.25) is 0 Å². The van der Waals surface area contributed by atoms with Gasteiger partial charge < -0.3 is 0 Å². The van der Waals surface area contributed by atoms with Crippen molar-refractivity contribution in [3.8, 4) is 0 Å². The van der Waals surface area contributed by atoms with E-state index in [4.69, 9.17) is 0 Å². The van der Waals surface area contributed by atoms with E-state index in [-0.39, 0.29) is 10.8 Å². The van der Waals surface area contributed by atoms with Crippen LogP contribution < -0.4 is 0 Å². The SMILES string of the molecule is Cn1nc(C(C)(C)C)cc1CC(C)(C)CBr. The molecule has 0 amide bonds. The van der Waals surface area contributed by atoms with E-state index < -0.39 is 0 Å². The summed E-state index contributed by atoms with van der Waals surface area (Å²) in [6, 6.07) is 2.24. The number of aryl methyl sites for hydroxylation is 1. The maximum atomic E-state index is 4.60. The fourth-order valence-corrected chi connectivity index (χ4v) is 1.77. The summed E-state index contributed by atoms with van der Waals surface area (Å²) in [5.74, 6) is 0. The van der Waals surface area contributed by atoms with Crippen molar-refractivity contribution in [2.45, 2.75) is 46.5 Å². The lowest BCUT2D eigenvalue weighted by Gasteiger charge is -2.21. The molecule has 0 aliphatic rings. The quantitative estimate of drug-likeness (QED) is 0.775. The Hall–Kier alpha value is -0.310. The van der Waals surface area contributed by atoms with Crippen molar-refractivity contribution in [2.24, 2.45) is 12.5 Å². The van der Waals surface area contributed by atoms with Crippen molar-refractivity contribution in [1.82, 2.24) is 9.78 Å². The summed E-state index contributed by atoms with van der Waals surface area (Å²) in [4.78, 5) is 0. The predicted molar refractivity (Wildman–Crippen MR) is 73.2 cm³/mol. The van der Waals surface area contributed by atoms with Gasteiger partial charge in [-0.2, -0.15) is 5.10 Å². The molecule has 92 valence electrons. The van der Waals surface area contributed by atoms with Gasteiger partial charge in [0.15, 0.2) is 0 Å². The molecule has 1 aromatic rings. The first-order valence-electron chi connectivity index (χ1n) is 5.75. The van der Waals surface area contributed by atoms with Crippen LogP contribution in [0.1, 0.15) is 46.0 Å². The minimum atomic E-state index is 0.133. The van der Waals surface area contributed by atoms with Gasteiger partial charge in [-0.25, -0.2) is 0 Å². The Morgan fingerprint density at radius 2 is 1.81 bits per heavy atom. The number of alkyl halides is 1. The van der Waals surface area contributed by atoms with E-state index in [9.17, 15) is 0 Å². The van der Waals surface area contributed by atoms with Gasteiger partial charge in [-0.15, -0.1) is 0 Å². The van der Waals surface area contributed by atoms with Crippen LogP contribution in [-0.4, -0.2) is 15.1 Å². The van der Waals surface area contributed by atoms with Gasteiger partial charge in [-0.05, 0) is 17.9 Å². The summed E-state index contributed by atoms with van der Waals surface area (Å²) in [5.41, 5.74) is 2.90. The van der Waals surface area contributed by atoms with Crippen LogP contribution >= 0.6 is 15.9 Å². The van der Waals surface area contributed by atoms with Gasteiger partial charge in [-0.1, -0.05) is 50.5 Å². The van der Waals surface area contributed by atoms with Gasteiger partial charge in [0.2, 0.25) is 0 Å². The van der Waals surface area contributed by atoms with Crippen LogP contribution in [0.25, 0.3) is 0 Å². The molecule has 0 aliphatic heterocycles. The molecule has 0 saturated carbocycles. The highest BCUT2D eigenvalue weighted by Crippen LogP contribution is 2.27. The van der Waals surface area contributed by atoms with Crippen molar-refractivity contribution in [3.05, 3.63) is 17.5 Å². The zero-order chi connectivity index (χ0) is 12.6. The average molecular weight is 287 g/mol. The highest BCUT2D eigenvalue weighted by atomic mass is 79.9. The Balaban J connectivity index is 2.95. The van der Waals surface area contributed by atoms with Gasteiger partial charge in [-0.3, -0.25) is 4.68 Å². The molecule has 3 heteroatoms. The van der Waals surface area contributed by atoms with Crippen molar-refractivity contribution in [3.63, 3.8) is 0 Å². The van der Waals surface area contributed by atoms with Crippen molar-refractivity contribution >= 4 is 15.9 Å². The Morgan fingerprint density at radius 3 is 2.19 bits per heavy atom. The van der Waals surface area contributed by atoms with E-state index in [2.05, 4.69) is 61.7 Å². The van der Waals surface area contributed by atoms with E-state index in [0.717, 1.165) is 11.8 Å². The minimum absolute atomic E-state index is 0.133. The fraction of sp³-hybridized carbons (Fsp3) is 0.769. The van der Waals surface area contributed by atoms with E-state index in [1.54, 1.807) is 0 Å². The standard InChI is InChI=1S/C13H23BrN2/c1-12(2,3)11-7-10(16(6)15-11)8-13(4,5)9-14/h7H,8-9H2,1-6H3. The second-order valence-corrected chi connectivity index (χ2v) is 6.93.